The molecule has 5 nitrogen and oxygen atoms in total. The quantitative estimate of drug-likeness (QED) is 0.433. The molecule has 0 unspecified atom stereocenters. The maximum atomic E-state index is 5.61. The zero-order valence-electron chi connectivity index (χ0n) is 14.4. The molecule has 0 aliphatic rings. The lowest BCUT2D eigenvalue weighted by molar-refractivity contribution is 0.127. The van der Waals surface area contributed by atoms with Gasteiger partial charge in [-0.1, -0.05) is 13.8 Å². The fourth-order valence-electron chi connectivity index (χ4n) is 2.08. The summed E-state index contributed by atoms with van der Waals surface area (Å²) in [5.41, 5.74) is 1.23. The number of aliphatic imine (C=N–C) groups is 1. The van der Waals surface area contributed by atoms with Gasteiger partial charge in [0.2, 0.25) is 0 Å². The molecule has 0 amide bonds. The van der Waals surface area contributed by atoms with Crippen LogP contribution in [0.5, 0.6) is 0 Å². The van der Waals surface area contributed by atoms with Crippen molar-refractivity contribution in [2.45, 2.75) is 26.8 Å². The second-order valence-corrected chi connectivity index (χ2v) is 6.80. The lowest BCUT2D eigenvalue weighted by Gasteiger charge is -2.22. The van der Waals surface area contributed by atoms with Crippen LogP contribution >= 0.6 is 15.9 Å². The molecular formula is C16H29BrN4O. The summed E-state index contributed by atoms with van der Waals surface area (Å²) in [6, 6.07) is 2.12. The average molecular weight is 373 g/mol. The third-order valence-corrected chi connectivity index (χ3v) is 3.85. The zero-order valence-corrected chi connectivity index (χ0v) is 16.0. The minimum absolute atomic E-state index is 0.691. The van der Waals surface area contributed by atoms with Crippen molar-refractivity contribution in [3.05, 3.63) is 22.4 Å². The highest BCUT2D eigenvalue weighted by Gasteiger charge is 2.09. The molecule has 0 bridgehead atoms. The molecule has 0 aliphatic heterocycles. The van der Waals surface area contributed by atoms with E-state index >= 15 is 0 Å². The molecule has 0 atom stereocenters. The maximum absolute atomic E-state index is 5.61. The summed E-state index contributed by atoms with van der Waals surface area (Å²) in [7, 11) is 5.89. The van der Waals surface area contributed by atoms with Crippen LogP contribution in [0.1, 0.15) is 26.0 Å². The molecule has 126 valence electrons. The van der Waals surface area contributed by atoms with E-state index in [1.807, 2.05) is 14.1 Å². The number of nitrogens with zero attached hydrogens (tertiary/aromatic N) is 3. The van der Waals surface area contributed by atoms with Crippen LogP contribution in [0.2, 0.25) is 0 Å². The molecule has 0 saturated heterocycles. The van der Waals surface area contributed by atoms with Crippen molar-refractivity contribution in [2.75, 3.05) is 33.9 Å². The highest BCUT2D eigenvalue weighted by atomic mass is 79.9. The second-order valence-electron chi connectivity index (χ2n) is 5.89. The molecule has 6 heteroatoms. The van der Waals surface area contributed by atoms with Crippen molar-refractivity contribution < 1.29 is 4.74 Å². The normalized spacial score (nSPS) is 12.0. The Morgan fingerprint density at radius 1 is 1.45 bits per heavy atom. The number of rotatable bonds is 8. The molecule has 1 N–H and O–H groups in total. The fraction of sp³-hybridized carbons (Fsp3) is 0.688. The van der Waals surface area contributed by atoms with Crippen LogP contribution in [0.4, 0.5) is 0 Å². The summed E-state index contributed by atoms with van der Waals surface area (Å²) in [6.45, 7) is 7.52. The van der Waals surface area contributed by atoms with Crippen LogP contribution in [-0.4, -0.2) is 49.3 Å². The Hall–Kier alpha value is -1.01. The van der Waals surface area contributed by atoms with Gasteiger partial charge < -0.3 is 19.5 Å². The van der Waals surface area contributed by atoms with Gasteiger partial charge in [-0.15, -0.1) is 0 Å². The SMILES string of the molecule is CN=C(NCCOCCC(C)C)N(C)Cc1cc(Br)cn1C. The predicted molar refractivity (Wildman–Crippen MR) is 96.2 cm³/mol. The summed E-state index contributed by atoms with van der Waals surface area (Å²) in [5.74, 6) is 1.57. The molecule has 0 aliphatic carbocycles. The van der Waals surface area contributed by atoms with Crippen LogP contribution in [-0.2, 0) is 18.3 Å². The Balaban J connectivity index is 2.33. The van der Waals surface area contributed by atoms with Gasteiger partial charge in [0.1, 0.15) is 0 Å². The highest BCUT2D eigenvalue weighted by Crippen LogP contribution is 2.14. The molecule has 0 aromatic carbocycles. The van der Waals surface area contributed by atoms with E-state index < -0.39 is 0 Å². The summed E-state index contributed by atoms with van der Waals surface area (Å²) < 4.78 is 8.82. The van der Waals surface area contributed by atoms with E-state index in [2.05, 4.69) is 61.8 Å². The first-order valence-corrected chi connectivity index (χ1v) is 8.53. The van der Waals surface area contributed by atoms with Crippen molar-refractivity contribution in [1.82, 2.24) is 14.8 Å². The van der Waals surface area contributed by atoms with Gasteiger partial charge in [-0.3, -0.25) is 4.99 Å². The number of nitrogens with one attached hydrogen (secondary N) is 1. The number of guanidine groups is 1. The molecule has 1 aromatic heterocycles. The van der Waals surface area contributed by atoms with Gasteiger partial charge in [-0.25, -0.2) is 0 Å². The lowest BCUT2D eigenvalue weighted by Crippen LogP contribution is -2.40. The molecule has 22 heavy (non-hydrogen) atoms. The number of hydrogen-bond donors (Lipinski definition) is 1. The Labute approximate surface area is 142 Å². The second kappa shape index (κ2) is 9.90. The molecular weight excluding hydrogens is 344 g/mol. The summed E-state index contributed by atoms with van der Waals surface area (Å²) in [5, 5.41) is 3.33. The van der Waals surface area contributed by atoms with E-state index in [4.69, 9.17) is 4.74 Å². The first-order chi connectivity index (χ1) is 10.4. The molecule has 1 rings (SSSR count). The maximum Gasteiger partial charge on any atom is 0.193 e. The van der Waals surface area contributed by atoms with Gasteiger partial charge in [0, 0.05) is 50.7 Å². The van der Waals surface area contributed by atoms with Gasteiger partial charge in [-0.05, 0) is 34.3 Å². The van der Waals surface area contributed by atoms with Gasteiger partial charge in [0.25, 0.3) is 0 Å². The number of ether oxygens (including phenoxy) is 1. The topological polar surface area (TPSA) is 41.8 Å². The number of aromatic nitrogens is 1. The standard InChI is InChI=1S/C16H29BrN4O/c1-13(2)6-8-22-9-7-19-16(18-3)21(5)12-15-10-14(17)11-20(15)4/h10-11,13H,6-9,12H2,1-5H3,(H,18,19). The highest BCUT2D eigenvalue weighted by molar-refractivity contribution is 9.10. The first-order valence-electron chi connectivity index (χ1n) is 7.74. The summed E-state index contributed by atoms with van der Waals surface area (Å²) in [6.07, 6.45) is 3.17. The largest absolute Gasteiger partial charge is 0.380 e. The van der Waals surface area contributed by atoms with Gasteiger partial charge >= 0.3 is 0 Å². The van der Waals surface area contributed by atoms with Crippen LogP contribution < -0.4 is 5.32 Å². The van der Waals surface area contributed by atoms with Crippen molar-refractivity contribution in [3.8, 4) is 0 Å². The molecule has 0 radical (unpaired) electrons. The number of hydrogen-bond acceptors (Lipinski definition) is 2. The predicted octanol–water partition coefficient (Wildman–Crippen LogP) is 2.86. The van der Waals surface area contributed by atoms with Gasteiger partial charge in [0.15, 0.2) is 5.96 Å². The van der Waals surface area contributed by atoms with E-state index in [-0.39, 0.29) is 0 Å². The van der Waals surface area contributed by atoms with E-state index in [0.29, 0.717) is 12.5 Å². The Morgan fingerprint density at radius 3 is 2.73 bits per heavy atom. The summed E-state index contributed by atoms with van der Waals surface area (Å²) in [4.78, 5) is 6.43. The van der Waals surface area contributed by atoms with Gasteiger partial charge in [-0.2, -0.15) is 0 Å². The Bertz CT molecular complexity index is 471. The Kier molecular flexibility index (Phi) is 8.56. The van der Waals surface area contributed by atoms with Crippen LogP contribution in [0.15, 0.2) is 21.7 Å². The van der Waals surface area contributed by atoms with E-state index in [9.17, 15) is 0 Å². The minimum Gasteiger partial charge on any atom is -0.380 e. The van der Waals surface area contributed by atoms with Gasteiger partial charge in [0.05, 0.1) is 13.2 Å². The van der Waals surface area contributed by atoms with E-state index in [0.717, 1.165) is 36.5 Å². The number of aryl methyl sites for hydroxylation is 1. The molecule has 0 spiro atoms. The molecule has 0 fully saturated rings. The van der Waals surface area contributed by atoms with Crippen molar-refractivity contribution >= 4 is 21.9 Å². The average Bonchev–Trinajstić information content (AvgIpc) is 2.75. The summed E-state index contributed by atoms with van der Waals surface area (Å²) >= 11 is 3.50. The van der Waals surface area contributed by atoms with Crippen LogP contribution in [0, 0.1) is 5.92 Å². The fourth-order valence-corrected chi connectivity index (χ4v) is 2.65. The molecule has 0 saturated carbocycles. The monoisotopic (exact) mass is 372 g/mol. The molecule has 1 aromatic rings. The van der Waals surface area contributed by atoms with E-state index in [1.165, 1.54) is 5.69 Å². The third-order valence-electron chi connectivity index (χ3n) is 3.42. The Morgan fingerprint density at radius 2 is 2.18 bits per heavy atom. The number of halogens is 1. The van der Waals surface area contributed by atoms with E-state index in [1.54, 1.807) is 7.05 Å². The van der Waals surface area contributed by atoms with Crippen molar-refractivity contribution in [1.29, 1.82) is 0 Å². The van der Waals surface area contributed by atoms with Crippen molar-refractivity contribution in [3.63, 3.8) is 0 Å². The lowest BCUT2D eigenvalue weighted by atomic mass is 10.1. The molecule has 1 heterocycles. The minimum atomic E-state index is 0.691. The zero-order chi connectivity index (χ0) is 16.5. The van der Waals surface area contributed by atoms with Crippen LogP contribution in [0.25, 0.3) is 0 Å². The first kappa shape index (κ1) is 19.0. The van der Waals surface area contributed by atoms with Crippen molar-refractivity contribution in [2.24, 2.45) is 18.0 Å². The van der Waals surface area contributed by atoms with Crippen LogP contribution in [0.3, 0.4) is 0 Å². The smallest absolute Gasteiger partial charge is 0.193 e. The third kappa shape index (κ3) is 6.83.